The van der Waals surface area contributed by atoms with Crippen molar-refractivity contribution in [3.8, 4) is 0 Å². The van der Waals surface area contributed by atoms with E-state index in [-0.39, 0.29) is 0 Å². The first-order valence-corrected chi connectivity index (χ1v) is 4.89. The fourth-order valence-corrected chi connectivity index (χ4v) is 2.18. The number of aliphatic hydroxyl groups excluding tert-OH is 1. The molecule has 2 rings (SSSR count). The van der Waals surface area contributed by atoms with Crippen molar-refractivity contribution in [2.45, 2.75) is 32.5 Å². The molecule has 14 heavy (non-hydrogen) atoms. The Morgan fingerprint density at radius 2 is 1.71 bits per heavy atom. The minimum atomic E-state index is -0.955. The second-order valence-electron chi connectivity index (χ2n) is 4.78. The van der Waals surface area contributed by atoms with E-state index in [0.717, 1.165) is 11.1 Å². The molecule has 2 nitrogen and oxygen atoms in total. The number of hydrogen-bond acceptors (Lipinski definition) is 2. The van der Waals surface area contributed by atoms with Crippen LogP contribution in [0.1, 0.15) is 38.0 Å². The van der Waals surface area contributed by atoms with Crippen LogP contribution in [0.2, 0.25) is 0 Å². The Balaban J connectivity index is 2.68. The predicted octanol–water partition coefficient (Wildman–Crippen LogP) is 1.97. The van der Waals surface area contributed by atoms with E-state index < -0.39 is 17.1 Å². The van der Waals surface area contributed by atoms with Crippen LogP contribution in [0.4, 0.5) is 0 Å². The van der Waals surface area contributed by atoms with Crippen LogP contribution in [-0.4, -0.2) is 10.2 Å². The Kier molecular flexibility index (Phi) is 1.79. The van der Waals surface area contributed by atoms with E-state index in [0.29, 0.717) is 0 Å². The van der Waals surface area contributed by atoms with Crippen molar-refractivity contribution in [1.29, 1.82) is 0 Å². The Morgan fingerprint density at radius 1 is 1.14 bits per heavy atom. The third kappa shape index (κ3) is 0.928. The number of aliphatic hydroxyl groups is 2. The molecule has 0 saturated carbocycles. The normalized spacial score (nSPS) is 34.2. The van der Waals surface area contributed by atoms with Crippen molar-refractivity contribution < 1.29 is 10.2 Å². The van der Waals surface area contributed by atoms with Gasteiger partial charge in [-0.1, -0.05) is 38.1 Å². The van der Waals surface area contributed by atoms with Gasteiger partial charge in [0, 0.05) is 5.41 Å². The monoisotopic (exact) mass is 192 g/mol. The first kappa shape index (κ1) is 9.69. The molecule has 76 valence electrons. The van der Waals surface area contributed by atoms with Gasteiger partial charge in [0.05, 0.1) is 11.7 Å². The molecule has 0 radical (unpaired) electrons. The smallest absolute Gasteiger partial charge is 0.0950 e. The van der Waals surface area contributed by atoms with Crippen molar-refractivity contribution in [3.63, 3.8) is 0 Å². The lowest BCUT2D eigenvalue weighted by Crippen LogP contribution is -2.37. The first-order chi connectivity index (χ1) is 6.39. The van der Waals surface area contributed by atoms with Gasteiger partial charge in [0.2, 0.25) is 0 Å². The molecule has 0 spiro atoms. The Bertz CT molecular complexity index is 366. The van der Waals surface area contributed by atoms with E-state index in [9.17, 15) is 10.2 Å². The van der Waals surface area contributed by atoms with Gasteiger partial charge >= 0.3 is 0 Å². The molecule has 1 aromatic rings. The zero-order chi connectivity index (χ0) is 10.6. The van der Waals surface area contributed by atoms with Gasteiger partial charge < -0.3 is 10.2 Å². The van der Waals surface area contributed by atoms with Crippen LogP contribution < -0.4 is 0 Å². The molecule has 2 heteroatoms. The summed E-state index contributed by atoms with van der Waals surface area (Å²) >= 11 is 0. The molecule has 2 atom stereocenters. The van der Waals surface area contributed by atoms with E-state index >= 15 is 0 Å². The fraction of sp³-hybridized carbons (Fsp3) is 0.500. The average Bonchev–Trinajstić information content (AvgIpc) is 2.27. The maximum Gasteiger partial charge on any atom is 0.0950 e. The highest BCUT2D eigenvalue weighted by Gasteiger charge is 2.53. The molecule has 0 heterocycles. The number of hydrogen-bond donors (Lipinski definition) is 2. The van der Waals surface area contributed by atoms with Gasteiger partial charge in [0.1, 0.15) is 0 Å². The van der Waals surface area contributed by atoms with Crippen LogP contribution in [0, 0.1) is 5.41 Å². The number of benzene rings is 1. The van der Waals surface area contributed by atoms with Crippen LogP contribution in [-0.2, 0) is 5.60 Å². The molecule has 0 bridgehead atoms. The van der Waals surface area contributed by atoms with Crippen LogP contribution >= 0.6 is 0 Å². The third-order valence-electron chi connectivity index (χ3n) is 3.72. The second kappa shape index (κ2) is 2.59. The Labute approximate surface area is 84.2 Å². The van der Waals surface area contributed by atoms with Crippen molar-refractivity contribution in [2.24, 2.45) is 5.41 Å². The van der Waals surface area contributed by atoms with Crippen LogP contribution in [0.3, 0.4) is 0 Å². The molecule has 0 fully saturated rings. The summed E-state index contributed by atoms with van der Waals surface area (Å²) in [5.74, 6) is 0. The second-order valence-corrected chi connectivity index (χ2v) is 4.78. The van der Waals surface area contributed by atoms with Gasteiger partial charge in [0.25, 0.3) is 0 Å². The van der Waals surface area contributed by atoms with E-state index in [1.165, 1.54) is 0 Å². The SMILES string of the molecule is CC1(C)[C@H](O)c2ccccc2[C@@]1(C)O. The summed E-state index contributed by atoms with van der Waals surface area (Å²) in [6, 6.07) is 7.54. The molecule has 0 aliphatic heterocycles. The lowest BCUT2D eigenvalue weighted by atomic mass is 9.76. The molecular formula is C12H16O2. The minimum Gasteiger partial charge on any atom is -0.388 e. The van der Waals surface area contributed by atoms with Gasteiger partial charge in [-0.25, -0.2) is 0 Å². The number of rotatable bonds is 0. The molecule has 1 aliphatic rings. The Hall–Kier alpha value is -0.860. The summed E-state index contributed by atoms with van der Waals surface area (Å²) in [5.41, 5.74) is 0.208. The van der Waals surface area contributed by atoms with E-state index in [2.05, 4.69) is 0 Å². The van der Waals surface area contributed by atoms with Gasteiger partial charge in [-0.05, 0) is 18.1 Å². The zero-order valence-corrected chi connectivity index (χ0v) is 8.78. The standard InChI is InChI=1S/C12H16O2/c1-11(2)10(13)8-6-4-5-7-9(8)12(11,3)14/h4-7,10,13-14H,1-3H3/t10-,12-/m1/s1. The quantitative estimate of drug-likeness (QED) is 0.659. The van der Waals surface area contributed by atoms with Gasteiger partial charge in [-0.2, -0.15) is 0 Å². The molecular weight excluding hydrogens is 176 g/mol. The van der Waals surface area contributed by atoms with Crippen LogP contribution in [0.25, 0.3) is 0 Å². The summed E-state index contributed by atoms with van der Waals surface area (Å²) in [6.45, 7) is 5.54. The molecule has 0 aromatic heterocycles. The fourth-order valence-electron chi connectivity index (χ4n) is 2.18. The lowest BCUT2D eigenvalue weighted by Gasteiger charge is -2.35. The highest BCUT2D eigenvalue weighted by molar-refractivity contribution is 5.42. The average molecular weight is 192 g/mol. The van der Waals surface area contributed by atoms with E-state index in [1.807, 2.05) is 38.1 Å². The Morgan fingerprint density at radius 3 is 2.29 bits per heavy atom. The van der Waals surface area contributed by atoms with E-state index in [1.54, 1.807) is 6.92 Å². The largest absolute Gasteiger partial charge is 0.388 e. The van der Waals surface area contributed by atoms with Crippen molar-refractivity contribution in [2.75, 3.05) is 0 Å². The maximum absolute atomic E-state index is 10.4. The third-order valence-corrected chi connectivity index (χ3v) is 3.72. The highest BCUT2D eigenvalue weighted by Crippen LogP contribution is 2.55. The van der Waals surface area contributed by atoms with Crippen molar-refractivity contribution in [3.05, 3.63) is 35.4 Å². The zero-order valence-electron chi connectivity index (χ0n) is 8.78. The summed E-state index contributed by atoms with van der Waals surface area (Å²) < 4.78 is 0. The molecule has 0 saturated heterocycles. The summed E-state index contributed by atoms with van der Waals surface area (Å²) in [5, 5.41) is 20.5. The molecule has 1 aliphatic carbocycles. The highest BCUT2D eigenvalue weighted by atomic mass is 16.3. The number of fused-ring (bicyclic) bond motifs is 1. The summed E-state index contributed by atoms with van der Waals surface area (Å²) in [6.07, 6.45) is -0.589. The van der Waals surface area contributed by atoms with Crippen LogP contribution in [0.15, 0.2) is 24.3 Å². The van der Waals surface area contributed by atoms with Crippen LogP contribution in [0.5, 0.6) is 0 Å². The lowest BCUT2D eigenvalue weighted by molar-refractivity contribution is -0.0997. The summed E-state index contributed by atoms with van der Waals surface area (Å²) in [7, 11) is 0. The van der Waals surface area contributed by atoms with Crippen molar-refractivity contribution >= 4 is 0 Å². The van der Waals surface area contributed by atoms with Crippen molar-refractivity contribution in [1.82, 2.24) is 0 Å². The molecule has 2 N–H and O–H groups in total. The van der Waals surface area contributed by atoms with Gasteiger partial charge in [0.15, 0.2) is 0 Å². The van der Waals surface area contributed by atoms with E-state index in [4.69, 9.17) is 0 Å². The first-order valence-electron chi connectivity index (χ1n) is 4.89. The topological polar surface area (TPSA) is 40.5 Å². The summed E-state index contributed by atoms with van der Waals surface area (Å²) in [4.78, 5) is 0. The maximum atomic E-state index is 10.4. The predicted molar refractivity (Wildman–Crippen MR) is 54.8 cm³/mol. The van der Waals surface area contributed by atoms with Gasteiger partial charge in [-0.3, -0.25) is 0 Å². The molecule has 1 aromatic carbocycles. The molecule has 0 amide bonds. The minimum absolute atomic E-state index is 0.531. The molecule has 0 unspecified atom stereocenters. The van der Waals surface area contributed by atoms with Gasteiger partial charge in [-0.15, -0.1) is 0 Å².